The average Bonchev–Trinajstić information content (AvgIpc) is 2.46. The van der Waals surface area contributed by atoms with Crippen LogP contribution in [0.1, 0.15) is 11.1 Å². The van der Waals surface area contributed by atoms with Crippen LogP contribution in [0.15, 0.2) is 42.5 Å². The predicted octanol–water partition coefficient (Wildman–Crippen LogP) is 4.62. The van der Waals surface area contributed by atoms with E-state index in [1.807, 2.05) is 18.2 Å². The van der Waals surface area contributed by atoms with E-state index in [1.54, 1.807) is 7.11 Å². The van der Waals surface area contributed by atoms with Gasteiger partial charge < -0.3 is 9.47 Å². The van der Waals surface area contributed by atoms with E-state index in [-0.39, 0.29) is 0 Å². The Labute approximate surface area is 131 Å². The minimum absolute atomic E-state index is 0.466. The third-order valence-electron chi connectivity index (χ3n) is 2.69. The zero-order chi connectivity index (χ0) is 13.7. The van der Waals surface area contributed by atoms with Gasteiger partial charge in [0, 0.05) is 9.45 Å². The summed E-state index contributed by atoms with van der Waals surface area (Å²) in [5, 5.41) is 0. The number of benzene rings is 2. The number of alkyl halides is 1. The smallest absolute Gasteiger partial charge is 0.161 e. The van der Waals surface area contributed by atoms with Crippen molar-refractivity contribution in [3.05, 3.63) is 57.2 Å². The number of hydrogen-bond donors (Lipinski definition) is 0. The highest BCUT2D eigenvalue weighted by atomic mass is 127. The van der Waals surface area contributed by atoms with Crippen molar-refractivity contribution in [2.45, 2.75) is 12.5 Å². The maximum Gasteiger partial charge on any atom is 0.161 e. The molecule has 0 heterocycles. The highest BCUT2D eigenvalue weighted by Crippen LogP contribution is 2.29. The molecular formula is C15H14ClIO2. The summed E-state index contributed by atoms with van der Waals surface area (Å²) >= 11 is 8.08. The third kappa shape index (κ3) is 4.01. The number of hydrogen-bond acceptors (Lipinski definition) is 2. The van der Waals surface area contributed by atoms with Gasteiger partial charge in [-0.3, -0.25) is 0 Å². The molecule has 100 valence electrons. The summed E-state index contributed by atoms with van der Waals surface area (Å²) in [6.07, 6.45) is 0. The number of ether oxygens (including phenoxy) is 2. The molecule has 0 bridgehead atoms. The van der Waals surface area contributed by atoms with Crippen LogP contribution in [0.4, 0.5) is 0 Å². The molecule has 0 amide bonds. The highest BCUT2D eigenvalue weighted by molar-refractivity contribution is 14.1. The zero-order valence-corrected chi connectivity index (χ0v) is 13.4. The van der Waals surface area contributed by atoms with E-state index in [2.05, 4.69) is 46.9 Å². The number of rotatable bonds is 5. The van der Waals surface area contributed by atoms with Crippen LogP contribution in [0.2, 0.25) is 0 Å². The largest absolute Gasteiger partial charge is 0.493 e. The van der Waals surface area contributed by atoms with Crippen LogP contribution in [0.25, 0.3) is 0 Å². The second-order valence-electron chi connectivity index (χ2n) is 4.03. The van der Waals surface area contributed by atoms with Gasteiger partial charge in [0.05, 0.1) is 7.11 Å². The lowest BCUT2D eigenvalue weighted by atomic mass is 10.2. The van der Waals surface area contributed by atoms with Gasteiger partial charge in [0.1, 0.15) is 6.61 Å². The van der Waals surface area contributed by atoms with Crippen LogP contribution in [-0.4, -0.2) is 7.11 Å². The van der Waals surface area contributed by atoms with Crippen LogP contribution in [-0.2, 0) is 12.5 Å². The van der Waals surface area contributed by atoms with Crippen molar-refractivity contribution in [3.8, 4) is 11.5 Å². The lowest BCUT2D eigenvalue weighted by Gasteiger charge is -2.11. The molecule has 0 saturated heterocycles. The molecule has 0 aromatic heterocycles. The molecule has 0 radical (unpaired) electrons. The average molecular weight is 389 g/mol. The second kappa shape index (κ2) is 7.01. The lowest BCUT2D eigenvalue weighted by molar-refractivity contribution is 0.284. The van der Waals surface area contributed by atoms with E-state index in [1.165, 1.54) is 3.57 Å². The summed E-state index contributed by atoms with van der Waals surface area (Å²) in [6.45, 7) is 0.521. The fraction of sp³-hybridized carbons (Fsp3) is 0.200. The minimum atomic E-state index is 0.466. The first kappa shape index (κ1) is 14.5. The fourth-order valence-electron chi connectivity index (χ4n) is 1.66. The van der Waals surface area contributed by atoms with Crippen molar-refractivity contribution >= 4 is 34.2 Å². The summed E-state index contributed by atoms with van der Waals surface area (Å²) in [7, 11) is 1.63. The number of methoxy groups -OCH3 is 1. The van der Waals surface area contributed by atoms with E-state index < -0.39 is 0 Å². The molecule has 0 aliphatic rings. The monoisotopic (exact) mass is 388 g/mol. The molecule has 0 aliphatic carbocycles. The Morgan fingerprint density at radius 1 is 1.00 bits per heavy atom. The first-order valence-corrected chi connectivity index (χ1v) is 7.44. The van der Waals surface area contributed by atoms with Gasteiger partial charge in [-0.2, -0.15) is 0 Å². The van der Waals surface area contributed by atoms with E-state index in [0.717, 1.165) is 16.9 Å². The van der Waals surface area contributed by atoms with Crippen LogP contribution in [0, 0.1) is 3.57 Å². The molecule has 2 aromatic carbocycles. The standard InChI is InChI=1S/C15H14ClIO2/c1-18-15-8-12(9-16)4-7-14(15)19-10-11-2-5-13(17)6-3-11/h2-8H,9-10H2,1H3. The maximum absolute atomic E-state index is 5.80. The molecule has 2 nitrogen and oxygen atoms in total. The summed E-state index contributed by atoms with van der Waals surface area (Å²) < 4.78 is 12.3. The SMILES string of the molecule is COc1cc(CCl)ccc1OCc1ccc(I)cc1. The Morgan fingerprint density at radius 2 is 1.68 bits per heavy atom. The van der Waals surface area contributed by atoms with Crippen molar-refractivity contribution in [2.75, 3.05) is 7.11 Å². The van der Waals surface area contributed by atoms with E-state index in [4.69, 9.17) is 21.1 Å². The Kier molecular flexibility index (Phi) is 5.34. The topological polar surface area (TPSA) is 18.5 Å². The van der Waals surface area contributed by atoms with Gasteiger partial charge in [0.25, 0.3) is 0 Å². The summed E-state index contributed by atoms with van der Waals surface area (Å²) in [4.78, 5) is 0. The zero-order valence-electron chi connectivity index (χ0n) is 10.5. The Morgan fingerprint density at radius 3 is 2.32 bits per heavy atom. The molecule has 4 heteroatoms. The van der Waals surface area contributed by atoms with Crippen molar-refractivity contribution < 1.29 is 9.47 Å². The van der Waals surface area contributed by atoms with Gasteiger partial charge in [-0.15, -0.1) is 11.6 Å². The summed E-state index contributed by atoms with van der Waals surface area (Å²) in [6, 6.07) is 14.0. The van der Waals surface area contributed by atoms with Crippen LogP contribution >= 0.6 is 34.2 Å². The first-order chi connectivity index (χ1) is 9.22. The molecule has 0 fully saturated rings. The van der Waals surface area contributed by atoms with E-state index >= 15 is 0 Å². The highest BCUT2D eigenvalue weighted by Gasteiger charge is 2.05. The van der Waals surface area contributed by atoms with Gasteiger partial charge in [-0.25, -0.2) is 0 Å². The molecule has 2 rings (SSSR count). The second-order valence-corrected chi connectivity index (χ2v) is 5.55. The number of halogens is 2. The summed E-state index contributed by atoms with van der Waals surface area (Å²) in [5.41, 5.74) is 2.14. The van der Waals surface area contributed by atoms with Gasteiger partial charge in [-0.05, 0) is 58.0 Å². The van der Waals surface area contributed by atoms with Gasteiger partial charge >= 0.3 is 0 Å². The maximum atomic E-state index is 5.80. The Balaban J connectivity index is 2.08. The molecule has 2 aromatic rings. The van der Waals surface area contributed by atoms with Gasteiger partial charge in [0.15, 0.2) is 11.5 Å². The molecule has 0 atom stereocenters. The Bertz CT molecular complexity index is 540. The van der Waals surface area contributed by atoms with Crippen molar-refractivity contribution in [1.29, 1.82) is 0 Å². The molecule has 19 heavy (non-hydrogen) atoms. The molecule has 0 aliphatic heterocycles. The third-order valence-corrected chi connectivity index (χ3v) is 3.72. The molecule has 0 saturated carbocycles. The minimum Gasteiger partial charge on any atom is -0.493 e. The normalized spacial score (nSPS) is 10.3. The van der Waals surface area contributed by atoms with E-state index in [0.29, 0.717) is 18.2 Å². The lowest BCUT2D eigenvalue weighted by Crippen LogP contribution is -1.98. The molecule has 0 spiro atoms. The first-order valence-electron chi connectivity index (χ1n) is 5.83. The molecule has 0 N–H and O–H groups in total. The van der Waals surface area contributed by atoms with Crippen LogP contribution in [0.5, 0.6) is 11.5 Å². The van der Waals surface area contributed by atoms with Gasteiger partial charge in [-0.1, -0.05) is 18.2 Å². The quantitative estimate of drug-likeness (QED) is 0.550. The van der Waals surface area contributed by atoms with Crippen LogP contribution < -0.4 is 9.47 Å². The fourth-order valence-corrected chi connectivity index (χ4v) is 2.18. The van der Waals surface area contributed by atoms with Gasteiger partial charge in [0.2, 0.25) is 0 Å². The van der Waals surface area contributed by atoms with Crippen molar-refractivity contribution in [3.63, 3.8) is 0 Å². The summed E-state index contributed by atoms with van der Waals surface area (Å²) in [5.74, 6) is 1.91. The Hall–Kier alpha value is -0.940. The van der Waals surface area contributed by atoms with Crippen LogP contribution in [0.3, 0.4) is 0 Å². The predicted molar refractivity (Wildman–Crippen MR) is 86.0 cm³/mol. The van der Waals surface area contributed by atoms with E-state index in [9.17, 15) is 0 Å². The molecule has 0 unspecified atom stereocenters. The van der Waals surface area contributed by atoms with Crippen molar-refractivity contribution in [2.24, 2.45) is 0 Å². The van der Waals surface area contributed by atoms with Crippen molar-refractivity contribution in [1.82, 2.24) is 0 Å². The molecular weight excluding hydrogens is 375 g/mol.